The molecule has 3 aliphatic heterocycles. The van der Waals surface area contributed by atoms with Gasteiger partial charge in [0.15, 0.2) is 0 Å². The van der Waals surface area contributed by atoms with Crippen LogP contribution in [0.25, 0.3) is 0 Å². The highest BCUT2D eigenvalue weighted by atomic mass is 35.5. The number of nitrogens with one attached hydrogen (secondary N) is 3. The summed E-state index contributed by atoms with van der Waals surface area (Å²) in [4.78, 5) is 172. The highest BCUT2D eigenvalue weighted by Gasteiger charge is 2.52. The van der Waals surface area contributed by atoms with Gasteiger partial charge in [0, 0.05) is 79.8 Å². The van der Waals surface area contributed by atoms with Gasteiger partial charge in [-0.3, -0.25) is 52.7 Å². The van der Waals surface area contributed by atoms with E-state index >= 15 is 9.59 Å². The van der Waals surface area contributed by atoms with Crippen LogP contribution in [0, 0.1) is 29.6 Å². The summed E-state index contributed by atoms with van der Waals surface area (Å²) in [5.74, 6) is -9.67. The van der Waals surface area contributed by atoms with E-state index in [4.69, 9.17) is 16.3 Å². The van der Waals surface area contributed by atoms with Gasteiger partial charge in [-0.15, -0.1) is 11.6 Å². The summed E-state index contributed by atoms with van der Waals surface area (Å²) >= 11 is 6.36. The van der Waals surface area contributed by atoms with Crippen LogP contribution < -0.4 is 16.0 Å². The second kappa shape index (κ2) is 33.5. The minimum atomic E-state index is -4.50. The summed E-state index contributed by atoms with van der Waals surface area (Å²) in [5, 5.41) is 7.54. The van der Waals surface area contributed by atoms with Crippen LogP contribution in [-0.4, -0.2) is 251 Å². The number of ether oxygens (including phenoxy) is 1. The van der Waals surface area contributed by atoms with Crippen LogP contribution in [0.1, 0.15) is 171 Å². The average Bonchev–Trinajstić information content (AvgIpc) is 1.30. The van der Waals surface area contributed by atoms with Crippen molar-refractivity contribution in [3.63, 3.8) is 0 Å². The molecule has 2 aliphatic carbocycles. The Hall–Kier alpha value is -5.79. The van der Waals surface area contributed by atoms with E-state index < -0.39 is 161 Å². The molecule has 0 aromatic rings. The first-order valence-electron chi connectivity index (χ1n) is 33.5. The molecule has 11 amide bonds. The summed E-state index contributed by atoms with van der Waals surface area (Å²) in [5.41, 5.74) is -1.49. The summed E-state index contributed by atoms with van der Waals surface area (Å²) in [6.45, 7) is 15.7. The van der Waals surface area contributed by atoms with E-state index in [1.54, 1.807) is 20.9 Å². The number of carbonyl (C=O) groups excluding carboxylic acids is 11. The van der Waals surface area contributed by atoms with Crippen LogP contribution >= 0.6 is 11.6 Å². The highest BCUT2D eigenvalue weighted by Crippen LogP contribution is 2.44. The first-order chi connectivity index (χ1) is 43.1. The predicted octanol–water partition coefficient (Wildman–Crippen LogP) is 4.94. The van der Waals surface area contributed by atoms with Crippen molar-refractivity contribution < 1.29 is 70.6 Å². The molecule has 5 rings (SSSR count). The summed E-state index contributed by atoms with van der Waals surface area (Å²) in [6.07, 6.45) is -0.684. The van der Waals surface area contributed by atoms with Crippen LogP contribution in [0.15, 0.2) is 0 Å². The van der Waals surface area contributed by atoms with Gasteiger partial charge >= 0.3 is 6.18 Å². The molecule has 5 aliphatic rings. The third-order valence-electron chi connectivity index (χ3n) is 20.5. The van der Waals surface area contributed by atoms with E-state index in [0.717, 1.165) is 9.80 Å². The average molecular weight is 1330 g/mol. The van der Waals surface area contributed by atoms with E-state index in [9.17, 15) is 56.3 Å². The zero-order valence-electron chi connectivity index (χ0n) is 57.2. The fraction of sp³-hybridized carbons (Fsp3) is 0.831. The van der Waals surface area contributed by atoms with Gasteiger partial charge < -0.3 is 59.9 Å². The maximum Gasteiger partial charge on any atom is 0.393 e. The molecular weight excluding hydrogens is 1220 g/mol. The monoisotopic (exact) mass is 1330 g/mol. The number of fused-ring (bicyclic) bond motifs is 2. The second-order valence-corrected chi connectivity index (χ2v) is 28.0. The molecule has 3 N–H and O–H groups in total. The molecular formula is C65H107ClF3N11O12. The predicted molar refractivity (Wildman–Crippen MR) is 340 cm³/mol. The van der Waals surface area contributed by atoms with Crippen molar-refractivity contribution in [1.29, 1.82) is 0 Å². The number of carbonyl (C=O) groups is 11. The van der Waals surface area contributed by atoms with Crippen LogP contribution in [0.2, 0.25) is 0 Å². The third-order valence-corrected chi connectivity index (χ3v) is 21.0. The summed E-state index contributed by atoms with van der Waals surface area (Å²) < 4.78 is 47.6. The molecule has 5 fully saturated rings. The molecule has 0 bridgehead atoms. The highest BCUT2D eigenvalue weighted by molar-refractivity contribution is 6.20. The molecule has 92 heavy (non-hydrogen) atoms. The zero-order chi connectivity index (χ0) is 69.0. The summed E-state index contributed by atoms with van der Waals surface area (Å²) in [6, 6.07) is -10.0. The zero-order valence-corrected chi connectivity index (χ0v) is 58.0. The van der Waals surface area contributed by atoms with Crippen molar-refractivity contribution in [2.75, 3.05) is 75.1 Å². The molecule has 0 radical (unpaired) electrons. The Morgan fingerprint density at radius 2 is 1.27 bits per heavy atom. The summed E-state index contributed by atoms with van der Waals surface area (Å²) in [7, 11) is 8.72. The van der Waals surface area contributed by atoms with Crippen molar-refractivity contribution in [3.8, 4) is 0 Å². The molecule has 3 saturated heterocycles. The molecule has 23 nitrogen and oxygen atoms in total. The molecule has 27 heteroatoms. The fourth-order valence-electron chi connectivity index (χ4n) is 13.7. The smallest absolute Gasteiger partial charge is 0.379 e. The van der Waals surface area contributed by atoms with Gasteiger partial charge in [-0.05, 0) is 115 Å². The fourth-order valence-corrected chi connectivity index (χ4v) is 14.2. The van der Waals surface area contributed by atoms with Gasteiger partial charge in [0.05, 0.1) is 19.1 Å². The van der Waals surface area contributed by atoms with E-state index in [1.165, 1.54) is 71.6 Å². The molecule has 0 aromatic heterocycles. The van der Waals surface area contributed by atoms with Crippen molar-refractivity contribution >= 4 is 76.6 Å². The van der Waals surface area contributed by atoms with Crippen LogP contribution in [0.4, 0.5) is 13.2 Å². The lowest BCUT2D eigenvalue weighted by atomic mass is 9.78. The third kappa shape index (κ3) is 18.4. The van der Waals surface area contributed by atoms with Crippen molar-refractivity contribution in [1.82, 2.24) is 55.1 Å². The molecule has 1 spiro atoms. The van der Waals surface area contributed by atoms with E-state index in [2.05, 4.69) is 16.0 Å². The van der Waals surface area contributed by atoms with Crippen molar-refractivity contribution in [2.24, 2.45) is 29.6 Å². The number of halogens is 4. The Morgan fingerprint density at radius 3 is 1.84 bits per heavy atom. The quantitative estimate of drug-likeness (QED) is 0.164. The van der Waals surface area contributed by atoms with E-state index in [-0.39, 0.29) is 109 Å². The topological polar surface area (TPSA) is 259 Å². The number of hydrogen-bond acceptors (Lipinski definition) is 12. The number of likely N-dealkylation sites (N-methyl/N-ethyl adjacent to an activating group) is 6. The molecule has 2 saturated carbocycles. The van der Waals surface area contributed by atoms with Gasteiger partial charge in [-0.2, -0.15) is 13.2 Å². The molecule has 14 atom stereocenters. The van der Waals surface area contributed by atoms with Gasteiger partial charge in [0.25, 0.3) is 0 Å². The van der Waals surface area contributed by atoms with Crippen LogP contribution in [0.5, 0.6) is 0 Å². The molecule has 522 valence electrons. The Balaban J connectivity index is 1.56. The SMILES string of the molecule is CCCOC[C@H]1C(=O)N(C)CC(=O)N[C@@H](CCC2CCC(C(F)(F)F)C(Cl)C2)C(=O)N2CCC[C@H]2C(=O)NC2(CCCC2)C(=O)N(C)[C@@H]([C@@H](C)CC)C(=O)N(C)[C@H](C)CC(=O)N(C)[C@@H](CC(C)C)C(=O)N[C@@H]([C@@H](C)CC)C(=O)N(C)[C@@H](C)C(=O)N2CC[C@H]2C(=O)N1C. The standard InChI is InChI=1S/C65H107ClF3N11O12/c1-16-32-92-37-50-59(87)73(10)36-51(81)70-46(26-24-43-23-25-44(45(66)35-43)65(67,68)69)58(86)79-30-21-22-47(79)56(84)72-64(28-19-20-29-64)63(91)78(15)54(40(7)18-3)62(90)74(11)41(8)34-52(82)76(13)49(33-38(4)5)55(83)71-53(39(6)17-2)61(89)75(12)42(9)57(85)80-31-27-48(80)60(88)77(50)14/h38-50,53-54H,16-37H2,1-15H3,(H,70,81)(H,71,83)(H,72,84)/t39-,40-,41+,42-,43?,44?,45?,46-,47-,48-,49-,50-,53-,54-/m0/s1. The number of alkyl halides is 4. The Labute approximate surface area is 547 Å². The number of hydrogen-bond donors (Lipinski definition) is 3. The van der Waals surface area contributed by atoms with Gasteiger partial charge in [0.1, 0.15) is 53.9 Å². The Morgan fingerprint density at radius 1 is 0.641 bits per heavy atom. The number of rotatable bonds is 13. The Bertz CT molecular complexity index is 2630. The minimum absolute atomic E-state index is 0.00209. The lowest BCUT2D eigenvalue weighted by molar-refractivity contribution is -0.182. The van der Waals surface area contributed by atoms with Crippen LogP contribution in [-0.2, 0) is 57.5 Å². The maximum absolute atomic E-state index is 15.2. The molecule has 0 aromatic carbocycles. The normalized spacial score (nSPS) is 30.8. The van der Waals surface area contributed by atoms with E-state index in [1.807, 2.05) is 41.5 Å². The lowest BCUT2D eigenvalue weighted by Crippen LogP contribution is -2.65. The second-order valence-electron chi connectivity index (χ2n) is 27.5. The number of nitrogens with zero attached hydrogens (tertiary/aromatic N) is 8. The first-order valence-corrected chi connectivity index (χ1v) is 33.9. The maximum atomic E-state index is 15.2. The molecule has 3 heterocycles. The van der Waals surface area contributed by atoms with Crippen LogP contribution in [0.3, 0.4) is 0 Å². The van der Waals surface area contributed by atoms with E-state index in [0.29, 0.717) is 38.5 Å². The van der Waals surface area contributed by atoms with Crippen molar-refractivity contribution in [2.45, 2.75) is 243 Å². The van der Waals surface area contributed by atoms with Gasteiger partial charge in [0.2, 0.25) is 65.0 Å². The van der Waals surface area contributed by atoms with Gasteiger partial charge in [-0.1, -0.05) is 74.1 Å². The lowest BCUT2D eigenvalue weighted by Gasteiger charge is -2.45. The number of amides is 11. The minimum Gasteiger partial charge on any atom is -0.379 e. The largest absolute Gasteiger partial charge is 0.393 e. The van der Waals surface area contributed by atoms with Crippen molar-refractivity contribution in [3.05, 3.63) is 0 Å². The Kier molecular flexibility index (Phi) is 28.0. The molecule has 3 unspecified atom stereocenters. The first kappa shape index (κ1) is 76.9. The van der Waals surface area contributed by atoms with Gasteiger partial charge in [-0.25, -0.2) is 0 Å².